The fraction of sp³-hybridized carbons (Fsp3) is 0.222. The molecular formula is C18H19N3O. The lowest BCUT2D eigenvalue weighted by atomic mass is 10.1. The van der Waals surface area contributed by atoms with Crippen LogP contribution < -0.4 is 5.32 Å². The smallest absolute Gasteiger partial charge is 0.251 e. The molecule has 22 heavy (non-hydrogen) atoms. The summed E-state index contributed by atoms with van der Waals surface area (Å²) < 4.78 is 0. The molecule has 1 atom stereocenters. The number of aryl methyl sites for hydroxylation is 2. The molecule has 1 amide bonds. The van der Waals surface area contributed by atoms with E-state index in [9.17, 15) is 4.79 Å². The first-order valence-electron chi connectivity index (χ1n) is 7.37. The first-order chi connectivity index (χ1) is 10.5. The summed E-state index contributed by atoms with van der Waals surface area (Å²) in [4.78, 5) is 20.1. The molecule has 0 aliphatic heterocycles. The van der Waals surface area contributed by atoms with Crippen molar-refractivity contribution in [2.75, 3.05) is 0 Å². The van der Waals surface area contributed by atoms with E-state index in [1.165, 1.54) is 5.56 Å². The number of nitrogens with one attached hydrogen (secondary N) is 2. The van der Waals surface area contributed by atoms with Gasteiger partial charge in [0.25, 0.3) is 5.91 Å². The van der Waals surface area contributed by atoms with Crippen molar-refractivity contribution in [1.29, 1.82) is 0 Å². The summed E-state index contributed by atoms with van der Waals surface area (Å²) in [6.45, 7) is 5.97. The number of amides is 1. The summed E-state index contributed by atoms with van der Waals surface area (Å²) in [5.41, 5.74) is 4.88. The monoisotopic (exact) mass is 293 g/mol. The minimum Gasteiger partial charge on any atom is -0.342 e. The largest absolute Gasteiger partial charge is 0.342 e. The predicted octanol–water partition coefficient (Wildman–Crippen LogP) is 3.67. The van der Waals surface area contributed by atoms with E-state index in [1.807, 2.05) is 57.2 Å². The predicted molar refractivity (Wildman–Crippen MR) is 87.9 cm³/mol. The zero-order valence-electron chi connectivity index (χ0n) is 13.0. The van der Waals surface area contributed by atoms with E-state index >= 15 is 0 Å². The van der Waals surface area contributed by atoms with Gasteiger partial charge in [0, 0.05) is 5.56 Å². The lowest BCUT2D eigenvalue weighted by Gasteiger charge is -2.11. The standard InChI is InChI=1S/C18H19N3O/c1-11-4-7-14(8-5-11)18(22)19-13(3)17-20-15-9-6-12(2)10-16(15)21-17/h4-10,13H,1-3H3,(H,19,22)(H,20,21). The average Bonchev–Trinajstić information content (AvgIpc) is 2.91. The fourth-order valence-electron chi connectivity index (χ4n) is 2.40. The summed E-state index contributed by atoms with van der Waals surface area (Å²) in [5, 5.41) is 2.97. The van der Waals surface area contributed by atoms with Gasteiger partial charge < -0.3 is 10.3 Å². The molecule has 4 nitrogen and oxygen atoms in total. The number of aromatic nitrogens is 2. The second-order valence-corrected chi connectivity index (χ2v) is 5.70. The highest BCUT2D eigenvalue weighted by Gasteiger charge is 2.14. The minimum atomic E-state index is -0.179. The Labute approximate surface area is 129 Å². The number of benzene rings is 2. The molecule has 1 unspecified atom stereocenters. The second kappa shape index (κ2) is 5.64. The Morgan fingerprint density at radius 1 is 1.09 bits per heavy atom. The van der Waals surface area contributed by atoms with Crippen LogP contribution >= 0.6 is 0 Å². The molecule has 0 aliphatic rings. The van der Waals surface area contributed by atoms with Gasteiger partial charge in [-0.1, -0.05) is 23.8 Å². The van der Waals surface area contributed by atoms with E-state index in [2.05, 4.69) is 21.4 Å². The van der Waals surface area contributed by atoms with Gasteiger partial charge in [-0.05, 0) is 50.6 Å². The van der Waals surface area contributed by atoms with Crippen molar-refractivity contribution in [3.05, 3.63) is 65.0 Å². The third-order valence-corrected chi connectivity index (χ3v) is 3.73. The number of hydrogen-bond donors (Lipinski definition) is 2. The van der Waals surface area contributed by atoms with Gasteiger partial charge in [0.05, 0.1) is 17.1 Å². The van der Waals surface area contributed by atoms with Gasteiger partial charge in [-0.2, -0.15) is 0 Å². The molecule has 2 aromatic carbocycles. The number of nitrogens with zero attached hydrogens (tertiary/aromatic N) is 1. The SMILES string of the molecule is Cc1ccc(C(=O)NC(C)c2nc3ccc(C)cc3[nH]2)cc1. The Kier molecular flexibility index (Phi) is 3.67. The number of fused-ring (bicyclic) bond motifs is 1. The third kappa shape index (κ3) is 2.86. The molecule has 1 heterocycles. The maximum Gasteiger partial charge on any atom is 0.251 e. The highest BCUT2D eigenvalue weighted by atomic mass is 16.1. The van der Waals surface area contributed by atoms with Crippen molar-refractivity contribution in [2.24, 2.45) is 0 Å². The van der Waals surface area contributed by atoms with Crippen LogP contribution in [-0.2, 0) is 0 Å². The Morgan fingerprint density at radius 2 is 1.77 bits per heavy atom. The van der Waals surface area contributed by atoms with E-state index < -0.39 is 0 Å². The van der Waals surface area contributed by atoms with E-state index in [-0.39, 0.29) is 11.9 Å². The number of carbonyl (C=O) groups is 1. The van der Waals surface area contributed by atoms with Gasteiger partial charge in [0.15, 0.2) is 0 Å². The Balaban J connectivity index is 1.79. The topological polar surface area (TPSA) is 57.8 Å². The summed E-state index contributed by atoms with van der Waals surface area (Å²) in [6.07, 6.45) is 0. The lowest BCUT2D eigenvalue weighted by molar-refractivity contribution is 0.0938. The van der Waals surface area contributed by atoms with Gasteiger partial charge in [-0.25, -0.2) is 4.98 Å². The van der Waals surface area contributed by atoms with Crippen LogP contribution in [0.5, 0.6) is 0 Å². The highest BCUT2D eigenvalue weighted by Crippen LogP contribution is 2.17. The second-order valence-electron chi connectivity index (χ2n) is 5.70. The van der Waals surface area contributed by atoms with Crippen LogP contribution in [0.15, 0.2) is 42.5 Å². The lowest BCUT2D eigenvalue weighted by Crippen LogP contribution is -2.27. The zero-order chi connectivity index (χ0) is 15.7. The molecule has 0 bridgehead atoms. The molecule has 112 valence electrons. The average molecular weight is 293 g/mol. The first kappa shape index (κ1) is 14.3. The Morgan fingerprint density at radius 3 is 2.50 bits per heavy atom. The maximum atomic E-state index is 12.3. The van der Waals surface area contributed by atoms with Gasteiger partial charge >= 0.3 is 0 Å². The summed E-state index contributed by atoms with van der Waals surface area (Å²) in [6, 6.07) is 13.4. The molecule has 2 N–H and O–H groups in total. The molecule has 0 saturated carbocycles. The number of aromatic amines is 1. The van der Waals surface area contributed by atoms with Crippen molar-refractivity contribution in [1.82, 2.24) is 15.3 Å². The van der Waals surface area contributed by atoms with Crippen molar-refractivity contribution in [3.63, 3.8) is 0 Å². The molecule has 4 heteroatoms. The molecule has 0 saturated heterocycles. The number of hydrogen-bond acceptors (Lipinski definition) is 2. The zero-order valence-corrected chi connectivity index (χ0v) is 13.0. The van der Waals surface area contributed by atoms with Crippen LogP contribution in [-0.4, -0.2) is 15.9 Å². The number of carbonyl (C=O) groups excluding carboxylic acids is 1. The molecule has 0 spiro atoms. The van der Waals surface area contributed by atoms with Gasteiger partial charge in [0.1, 0.15) is 5.82 Å². The first-order valence-corrected chi connectivity index (χ1v) is 7.37. The molecule has 3 rings (SSSR count). The van der Waals surface area contributed by atoms with Crippen LogP contribution in [0, 0.1) is 13.8 Å². The van der Waals surface area contributed by atoms with Crippen molar-refractivity contribution >= 4 is 16.9 Å². The van der Waals surface area contributed by atoms with Crippen LogP contribution in [0.1, 0.15) is 40.3 Å². The molecule has 0 fully saturated rings. The van der Waals surface area contributed by atoms with Crippen molar-refractivity contribution in [2.45, 2.75) is 26.8 Å². The molecule has 1 aromatic heterocycles. The van der Waals surface area contributed by atoms with Crippen LogP contribution in [0.4, 0.5) is 0 Å². The van der Waals surface area contributed by atoms with E-state index in [0.29, 0.717) is 5.56 Å². The van der Waals surface area contributed by atoms with E-state index in [4.69, 9.17) is 0 Å². The fourth-order valence-corrected chi connectivity index (χ4v) is 2.40. The third-order valence-electron chi connectivity index (χ3n) is 3.73. The highest BCUT2D eigenvalue weighted by molar-refractivity contribution is 5.94. The quantitative estimate of drug-likeness (QED) is 0.774. The van der Waals surface area contributed by atoms with Crippen molar-refractivity contribution in [3.8, 4) is 0 Å². The molecule has 3 aromatic rings. The number of rotatable bonds is 3. The van der Waals surface area contributed by atoms with E-state index in [1.54, 1.807) is 0 Å². The normalized spacial score (nSPS) is 12.3. The summed E-state index contributed by atoms with van der Waals surface area (Å²) in [5.74, 6) is 0.671. The maximum absolute atomic E-state index is 12.3. The number of imidazole rings is 1. The van der Waals surface area contributed by atoms with Gasteiger partial charge in [0.2, 0.25) is 0 Å². The van der Waals surface area contributed by atoms with E-state index in [0.717, 1.165) is 22.4 Å². The van der Waals surface area contributed by atoms with Crippen LogP contribution in [0.25, 0.3) is 11.0 Å². The number of H-pyrrole nitrogens is 1. The molecule has 0 radical (unpaired) electrons. The van der Waals surface area contributed by atoms with Crippen LogP contribution in [0.2, 0.25) is 0 Å². The van der Waals surface area contributed by atoms with Crippen LogP contribution in [0.3, 0.4) is 0 Å². The molecule has 0 aliphatic carbocycles. The summed E-state index contributed by atoms with van der Waals surface area (Å²) in [7, 11) is 0. The minimum absolute atomic E-state index is 0.0934. The van der Waals surface area contributed by atoms with Gasteiger partial charge in [-0.15, -0.1) is 0 Å². The summed E-state index contributed by atoms with van der Waals surface area (Å²) >= 11 is 0. The Bertz CT molecular complexity index is 818. The Hall–Kier alpha value is -2.62. The molecular weight excluding hydrogens is 274 g/mol. The van der Waals surface area contributed by atoms with Gasteiger partial charge in [-0.3, -0.25) is 4.79 Å². The van der Waals surface area contributed by atoms with Crippen molar-refractivity contribution < 1.29 is 4.79 Å².